The van der Waals surface area contributed by atoms with Gasteiger partial charge in [0.05, 0.1) is 20.8 Å². The molecule has 0 spiro atoms. The first-order chi connectivity index (χ1) is 12.6. The van der Waals surface area contributed by atoms with E-state index in [0.29, 0.717) is 29.7 Å². The Hall–Kier alpha value is -2.08. The van der Waals surface area contributed by atoms with Gasteiger partial charge in [-0.15, -0.1) is 0 Å². The molecule has 1 unspecified atom stereocenters. The van der Waals surface area contributed by atoms with Crippen LogP contribution >= 0.6 is 11.6 Å². The number of methoxy groups -OCH3 is 2. The second kappa shape index (κ2) is 8.54. The summed E-state index contributed by atoms with van der Waals surface area (Å²) in [6.45, 7) is 1.10. The summed E-state index contributed by atoms with van der Waals surface area (Å²) in [5.41, 5.74) is 2.14. The van der Waals surface area contributed by atoms with Crippen LogP contribution in [0.3, 0.4) is 0 Å². The van der Waals surface area contributed by atoms with Crippen LogP contribution in [0, 0.1) is 0 Å². The second-order valence-electron chi connectivity index (χ2n) is 6.21. The van der Waals surface area contributed by atoms with Crippen LogP contribution in [0.2, 0.25) is 5.02 Å². The number of rotatable bonds is 7. The van der Waals surface area contributed by atoms with E-state index in [2.05, 4.69) is 4.90 Å². The maximum atomic E-state index is 11.4. The minimum atomic E-state index is -0.542. The lowest BCUT2D eigenvalue weighted by molar-refractivity contribution is -0.122. The van der Waals surface area contributed by atoms with Gasteiger partial charge < -0.3 is 14.2 Å². The zero-order valence-corrected chi connectivity index (χ0v) is 15.6. The highest BCUT2D eigenvalue weighted by atomic mass is 35.5. The van der Waals surface area contributed by atoms with Gasteiger partial charge in [0.15, 0.2) is 24.0 Å². The Morgan fingerprint density at radius 2 is 1.96 bits per heavy atom. The van der Waals surface area contributed by atoms with Crippen molar-refractivity contribution in [3.8, 4) is 11.5 Å². The number of hydrogen-bond acceptors (Lipinski definition) is 5. The molecule has 1 fully saturated rings. The number of ether oxygens (including phenoxy) is 3. The lowest BCUT2D eigenvalue weighted by Crippen LogP contribution is -2.38. The van der Waals surface area contributed by atoms with E-state index in [9.17, 15) is 4.79 Å². The fraction of sp³-hybridized carbons (Fsp3) is 0.350. The Labute approximate surface area is 158 Å². The van der Waals surface area contributed by atoms with Crippen molar-refractivity contribution in [3.63, 3.8) is 0 Å². The third-order valence-electron chi connectivity index (χ3n) is 4.55. The molecule has 0 aromatic heterocycles. The van der Waals surface area contributed by atoms with E-state index in [1.165, 1.54) is 0 Å². The Bertz CT molecular complexity index is 767. The van der Waals surface area contributed by atoms with Gasteiger partial charge in [-0.05, 0) is 41.8 Å². The van der Waals surface area contributed by atoms with E-state index < -0.39 is 6.23 Å². The molecule has 0 saturated carbocycles. The fourth-order valence-electron chi connectivity index (χ4n) is 3.25. The molecule has 0 bridgehead atoms. The smallest absolute Gasteiger partial charge is 0.167 e. The first kappa shape index (κ1) is 18.7. The van der Waals surface area contributed by atoms with Crippen molar-refractivity contribution >= 4 is 17.9 Å². The average molecular weight is 376 g/mol. The van der Waals surface area contributed by atoms with Gasteiger partial charge in [-0.3, -0.25) is 9.69 Å². The number of aldehydes is 1. The maximum Gasteiger partial charge on any atom is 0.167 e. The molecule has 0 amide bonds. The first-order valence-corrected chi connectivity index (χ1v) is 8.80. The normalized spacial score (nSPS) is 20.1. The molecule has 26 heavy (non-hydrogen) atoms. The predicted molar refractivity (Wildman–Crippen MR) is 99.8 cm³/mol. The van der Waals surface area contributed by atoms with Crippen LogP contribution in [0.1, 0.15) is 11.1 Å². The number of hydrogen-bond donors (Lipinski definition) is 0. The van der Waals surface area contributed by atoms with Crippen molar-refractivity contribution < 1.29 is 19.0 Å². The zero-order valence-electron chi connectivity index (χ0n) is 14.9. The monoisotopic (exact) mass is 375 g/mol. The van der Waals surface area contributed by atoms with Crippen LogP contribution in [0.5, 0.6) is 11.5 Å². The molecule has 1 saturated heterocycles. The number of carbonyl (C=O) groups excluding carboxylic acids is 1. The molecule has 2 aromatic rings. The van der Waals surface area contributed by atoms with Crippen molar-refractivity contribution in [1.82, 2.24) is 4.90 Å². The summed E-state index contributed by atoms with van der Waals surface area (Å²) in [7, 11) is 3.23. The van der Waals surface area contributed by atoms with E-state index in [1.807, 2.05) is 42.5 Å². The number of nitrogens with zero attached hydrogens (tertiary/aromatic N) is 1. The van der Waals surface area contributed by atoms with Crippen molar-refractivity contribution in [3.05, 3.63) is 58.6 Å². The minimum absolute atomic E-state index is 0.0854. The summed E-state index contributed by atoms with van der Waals surface area (Å²) in [6, 6.07) is 13.6. The SMILES string of the molecule is COc1ccc(C[C@H]2COC(C=O)N2Cc2cccc(Cl)c2)cc1OC. The molecule has 3 rings (SSSR count). The standard InChI is InChI=1S/C20H22ClNO4/c1-24-18-7-6-14(10-19(18)25-2)9-17-13-26-20(12-23)22(17)11-15-4-3-5-16(21)8-15/h3-8,10,12,17,20H,9,11,13H2,1-2H3/t17-,20?/m0/s1. The molecule has 0 aliphatic carbocycles. The van der Waals surface area contributed by atoms with Crippen molar-refractivity contribution in [1.29, 1.82) is 0 Å². The molecule has 5 nitrogen and oxygen atoms in total. The Morgan fingerprint density at radius 3 is 2.65 bits per heavy atom. The highest BCUT2D eigenvalue weighted by Gasteiger charge is 2.34. The van der Waals surface area contributed by atoms with Crippen molar-refractivity contribution in [2.75, 3.05) is 20.8 Å². The average Bonchev–Trinajstić information content (AvgIpc) is 3.03. The van der Waals surface area contributed by atoms with Crippen LogP contribution in [0.25, 0.3) is 0 Å². The summed E-state index contributed by atoms with van der Waals surface area (Å²) < 4.78 is 16.3. The quantitative estimate of drug-likeness (QED) is 0.695. The Kier molecular flexibility index (Phi) is 6.14. The van der Waals surface area contributed by atoms with Crippen LogP contribution in [0.4, 0.5) is 0 Å². The van der Waals surface area contributed by atoms with Crippen LogP contribution < -0.4 is 9.47 Å². The second-order valence-corrected chi connectivity index (χ2v) is 6.65. The molecular weight excluding hydrogens is 354 g/mol. The fourth-order valence-corrected chi connectivity index (χ4v) is 3.46. The predicted octanol–water partition coefficient (Wildman–Crippen LogP) is 3.33. The Balaban J connectivity index is 1.78. The van der Waals surface area contributed by atoms with Gasteiger partial charge in [-0.2, -0.15) is 0 Å². The van der Waals surface area contributed by atoms with Gasteiger partial charge >= 0.3 is 0 Å². The Morgan fingerprint density at radius 1 is 1.15 bits per heavy atom. The zero-order chi connectivity index (χ0) is 18.5. The van der Waals surface area contributed by atoms with Crippen LogP contribution in [-0.2, 0) is 22.5 Å². The lowest BCUT2D eigenvalue weighted by Gasteiger charge is -2.25. The summed E-state index contributed by atoms with van der Waals surface area (Å²) in [4.78, 5) is 13.5. The molecule has 2 atom stereocenters. The van der Waals surface area contributed by atoms with E-state index in [4.69, 9.17) is 25.8 Å². The van der Waals surface area contributed by atoms with Gasteiger partial charge in [0.25, 0.3) is 0 Å². The highest BCUT2D eigenvalue weighted by Crippen LogP contribution is 2.30. The summed E-state index contributed by atoms with van der Waals surface area (Å²) in [5.74, 6) is 1.39. The largest absolute Gasteiger partial charge is 0.493 e. The molecule has 6 heteroatoms. The van der Waals surface area contributed by atoms with Crippen molar-refractivity contribution in [2.24, 2.45) is 0 Å². The lowest BCUT2D eigenvalue weighted by atomic mass is 10.0. The molecular formula is C20H22ClNO4. The van der Waals surface area contributed by atoms with Gasteiger partial charge in [0.2, 0.25) is 0 Å². The summed E-state index contributed by atoms with van der Waals surface area (Å²) >= 11 is 6.08. The molecule has 0 N–H and O–H groups in total. The number of benzene rings is 2. The maximum absolute atomic E-state index is 11.4. The minimum Gasteiger partial charge on any atom is -0.493 e. The number of halogens is 1. The molecule has 0 radical (unpaired) electrons. The van der Waals surface area contributed by atoms with Crippen LogP contribution in [-0.4, -0.2) is 44.3 Å². The third-order valence-corrected chi connectivity index (χ3v) is 4.78. The van der Waals surface area contributed by atoms with Gasteiger partial charge in [-0.25, -0.2) is 0 Å². The van der Waals surface area contributed by atoms with E-state index in [1.54, 1.807) is 14.2 Å². The van der Waals surface area contributed by atoms with Crippen molar-refractivity contribution in [2.45, 2.75) is 25.2 Å². The first-order valence-electron chi connectivity index (χ1n) is 8.42. The summed E-state index contributed by atoms with van der Waals surface area (Å²) in [6.07, 6.45) is 1.05. The third kappa shape index (κ3) is 4.18. The molecule has 1 heterocycles. The van der Waals surface area contributed by atoms with Gasteiger partial charge in [0, 0.05) is 17.6 Å². The molecule has 1 aliphatic rings. The van der Waals surface area contributed by atoms with Gasteiger partial charge in [-0.1, -0.05) is 29.8 Å². The molecule has 1 aliphatic heterocycles. The van der Waals surface area contributed by atoms with Gasteiger partial charge in [0.1, 0.15) is 0 Å². The van der Waals surface area contributed by atoms with E-state index in [0.717, 1.165) is 23.8 Å². The number of carbonyl (C=O) groups is 1. The topological polar surface area (TPSA) is 48.0 Å². The molecule has 138 valence electrons. The summed E-state index contributed by atoms with van der Waals surface area (Å²) in [5, 5.41) is 0.682. The van der Waals surface area contributed by atoms with Crippen LogP contribution in [0.15, 0.2) is 42.5 Å². The van der Waals surface area contributed by atoms with E-state index >= 15 is 0 Å². The highest BCUT2D eigenvalue weighted by molar-refractivity contribution is 6.30. The van der Waals surface area contributed by atoms with E-state index in [-0.39, 0.29) is 6.04 Å². The molecule has 2 aromatic carbocycles.